The van der Waals surface area contributed by atoms with Crippen molar-refractivity contribution in [2.75, 3.05) is 44.9 Å². The number of nitrogens with zero attached hydrogens (tertiary/aromatic N) is 6. The first-order chi connectivity index (χ1) is 22.0. The second-order valence-corrected chi connectivity index (χ2v) is 13.5. The molecular formula is C32H34Cl2N8O3S. The number of hydrogen-bond donors (Lipinski definition) is 2. The van der Waals surface area contributed by atoms with Gasteiger partial charge in [-0.2, -0.15) is 5.01 Å². The number of benzene rings is 3. The zero-order valence-corrected chi connectivity index (χ0v) is 27.9. The number of thiazole rings is 1. The van der Waals surface area contributed by atoms with Gasteiger partial charge in [0.2, 0.25) is 11.8 Å². The second kappa shape index (κ2) is 13.0. The number of aromatic nitrogens is 1. The molecule has 2 atom stereocenters. The van der Waals surface area contributed by atoms with Crippen LogP contribution in [0.15, 0.2) is 60.7 Å². The minimum atomic E-state index is -0.756. The van der Waals surface area contributed by atoms with Gasteiger partial charge in [0.15, 0.2) is 5.13 Å². The van der Waals surface area contributed by atoms with Gasteiger partial charge in [-0.25, -0.2) is 9.78 Å². The number of rotatable bonds is 8. The van der Waals surface area contributed by atoms with E-state index in [0.717, 1.165) is 32.6 Å². The van der Waals surface area contributed by atoms with Crippen molar-refractivity contribution < 1.29 is 14.4 Å². The van der Waals surface area contributed by atoms with Gasteiger partial charge in [0, 0.05) is 46.3 Å². The first-order valence-electron chi connectivity index (χ1n) is 14.7. The molecule has 2 aliphatic heterocycles. The zero-order chi connectivity index (χ0) is 32.7. The van der Waals surface area contributed by atoms with Crippen LogP contribution < -0.4 is 16.0 Å². The Bertz CT molecular complexity index is 1800. The summed E-state index contributed by atoms with van der Waals surface area (Å²) in [5.74, 6) is -0.374. The average Bonchev–Trinajstić information content (AvgIpc) is 3.58. The molecule has 240 valence electrons. The molecule has 2 saturated heterocycles. The van der Waals surface area contributed by atoms with Gasteiger partial charge in [-0.3, -0.25) is 14.6 Å². The van der Waals surface area contributed by atoms with Crippen LogP contribution in [0.4, 0.5) is 15.6 Å². The third kappa shape index (κ3) is 6.30. The van der Waals surface area contributed by atoms with Gasteiger partial charge in [0.1, 0.15) is 12.2 Å². The Balaban J connectivity index is 1.27. The Morgan fingerprint density at radius 3 is 2.50 bits per heavy atom. The van der Waals surface area contributed by atoms with Crippen molar-refractivity contribution in [1.29, 1.82) is 0 Å². The highest BCUT2D eigenvalue weighted by atomic mass is 35.5. The van der Waals surface area contributed by atoms with Gasteiger partial charge in [0.25, 0.3) is 0 Å². The number of nitrogens with one attached hydrogen (secondary N) is 1. The molecular weight excluding hydrogens is 647 g/mol. The lowest BCUT2D eigenvalue weighted by molar-refractivity contribution is -0.157. The summed E-state index contributed by atoms with van der Waals surface area (Å²) in [6.45, 7) is 0.667. The molecule has 0 saturated carbocycles. The molecule has 0 unspecified atom stereocenters. The van der Waals surface area contributed by atoms with Gasteiger partial charge in [-0.05, 0) is 47.0 Å². The Labute approximate surface area is 281 Å². The smallest absolute Gasteiger partial charge is 0.332 e. The number of hydrogen-bond acceptors (Lipinski definition) is 8. The highest BCUT2D eigenvalue weighted by molar-refractivity contribution is 7.22. The van der Waals surface area contributed by atoms with Crippen LogP contribution in [0, 0.1) is 0 Å². The van der Waals surface area contributed by atoms with E-state index in [1.807, 2.05) is 61.5 Å². The van der Waals surface area contributed by atoms with Crippen molar-refractivity contribution in [2.24, 2.45) is 0 Å². The summed E-state index contributed by atoms with van der Waals surface area (Å²) in [4.78, 5) is 51.1. The maximum atomic E-state index is 14.2. The molecule has 0 aliphatic carbocycles. The number of fused-ring (bicyclic) bond motifs is 2. The number of halogens is 2. The van der Waals surface area contributed by atoms with Crippen LogP contribution in [-0.4, -0.2) is 89.1 Å². The first-order valence-corrected chi connectivity index (χ1v) is 16.3. The number of carbonyl (C=O) groups excluding carboxylic acids is 3. The molecule has 2 aliphatic rings. The van der Waals surface area contributed by atoms with Crippen molar-refractivity contribution in [3.05, 3.63) is 87.4 Å². The lowest BCUT2D eigenvalue weighted by Gasteiger charge is -2.45. The summed E-state index contributed by atoms with van der Waals surface area (Å²) in [6.07, 6.45) is -0.225. The first kappa shape index (κ1) is 31.9. The van der Waals surface area contributed by atoms with Crippen molar-refractivity contribution >= 4 is 73.4 Å². The Hall–Kier alpha value is -4.10. The van der Waals surface area contributed by atoms with Gasteiger partial charge in [-0.1, -0.05) is 64.9 Å². The topological polar surface area (TPSA) is 118 Å². The van der Waals surface area contributed by atoms with Gasteiger partial charge < -0.3 is 25.8 Å². The van der Waals surface area contributed by atoms with E-state index in [2.05, 4.69) is 10.3 Å². The van der Waals surface area contributed by atoms with Crippen molar-refractivity contribution in [1.82, 2.24) is 30.1 Å². The number of urea groups is 1. The van der Waals surface area contributed by atoms with Crippen LogP contribution in [0.1, 0.15) is 16.7 Å². The lowest BCUT2D eigenvalue weighted by Crippen LogP contribution is -2.65. The molecule has 0 spiro atoms. The van der Waals surface area contributed by atoms with E-state index in [-0.39, 0.29) is 38.0 Å². The highest BCUT2D eigenvalue weighted by Crippen LogP contribution is 2.32. The maximum Gasteiger partial charge on any atom is 0.332 e. The summed E-state index contributed by atoms with van der Waals surface area (Å²) < 4.78 is 0.940. The minimum absolute atomic E-state index is 0.0449. The number of carbonyl (C=O) groups is 3. The quantitative estimate of drug-likeness (QED) is 0.283. The fourth-order valence-electron chi connectivity index (χ4n) is 6.02. The Morgan fingerprint density at radius 1 is 1.04 bits per heavy atom. The molecule has 11 nitrogen and oxygen atoms in total. The summed E-state index contributed by atoms with van der Waals surface area (Å²) in [5, 5.41) is 7.31. The summed E-state index contributed by atoms with van der Waals surface area (Å²) in [5.41, 5.74) is 10.4. The molecule has 2 fully saturated rings. The maximum absolute atomic E-state index is 14.2. The highest BCUT2D eigenvalue weighted by Gasteiger charge is 2.51. The zero-order valence-electron chi connectivity index (χ0n) is 25.6. The lowest BCUT2D eigenvalue weighted by atomic mass is 9.99. The van der Waals surface area contributed by atoms with Crippen LogP contribution in [0.3, 0.4) is 0 Å². The molecule has 4 aromatic rings. The molecule has 46 heavy (non-hydrogen) atoms. The Morgan fingerprint density at radius 2 is 1.78 bits per heavy atom. The standard InChI is InChI=1S/C32H34Cl2N8O3S/c1-38(2)22-10-7-19(8-11-22)14-25-30(44)40(16-21-5-4-6-26-29(21)37-31(35)46-26)17-27-41(18-28(43)42(25)27)39(3)32(45)36-15-20-9-12-23(33)24(34)13-20/h4-13,25,27H,14-18H2,1-3H3,(H2,35,37)(H,36,45)/t25-,27+/m0/s1. The Kier molecular flexibility index (Phi) is 8.97. The predicted octanol–water partition coefficient (Wildman–Crippen LogP) is 4.43. The average molecular weight is 682 g/mol. The van der Waals surface area contributed by atoms with Gasteiger partial charge in [-0.15, -0.1) is 0 Å². The SMILES string of the molecule is CN(C)c1ccc(C[C@H]2C(=O)N(Cc3cccc4sc(N)nc34)C[C@H]3N2C(=O)CN3N(C)C(=O)NCc2ccc(Cl)c(Cl)c2)cc1. The molecule has 3 heterocycles. The van der Waals surface area contributed by atoms with Crippen LogP contribution in [-0.2, 0) is 29.1 Å². The number of para-hydroxylation sites is 1. The van der Waals surface area contributed by atoms with E-state index in [1.165, 1.54) is 16.3 Å². The van der Waals surface area contributed by atoms with E-state index in [1.54, 1.807) is 40.1 Å². The van der Waals surface area contributed by atoms with Crippen LogP contribution in [0.25, 0.3) is 10.2 Å². The van der Waals surface area contributed by atoms with E-state index in [4.69, 9.17) is 28.9 Å². The van der Waals surface area contributed by atoms with Crippen molar-refractivity contribution in [3.63, 3.8) is 0 Å². The molecule has 0 radical (unpaired) electrons. The van der Waals surface area contributed by atoms with E-state index >= 15 is 0 Å². The number of hydrazine groups is 1. The number of amides is 4. The fraction of sp³-hybridized carbons (Fsp3) is 0.312. The van der Waals surface area contributed by atoms with E-state index in [0.29, 0.717) is 21.6 Å². The molecule has 1 aromatic heterocycles. The van der Waals surface area contributed by atoms with Crippen molar-refractivity contribution in [2.45, 2.75) is 31.7 Å². The molecule has 3 aromatic carbocycles. The monoisotopic (exact) mass is 680 g/mol. The predicted molar refractivity (Wildman–Crippen MR) is 182 cm³/mol. The molecule has 3 N–H and O–H groups in total. The van der Waals surface area contributed by atoms with Gasteiger partial charge in [0.05, 0.1) is 33.4 Å². The third-order valence-corrected chi connectivity index (χ3v) is 10.0. The summed E-state index contributed by atoms with van der Waals surface area (Å²) in [7, 11) is 5.55. The summed E-state index contributed by atoms with van der Waals surface area (Å²) in [6, 6.07) is 17.8. The number of nitrogen functional groups attached to an aromatic ring is 1. The minimum Gasteiger partial charge on any atom is -0.378 e. The normalized spacial score (nSPS) is 18.3. The largest absolute Gasteiger partial charge is 0.378 e. The van der Waals surface area contributed by atoms with Gasteiger partial charge >= 0.3 is 6.03 Å². The third-order valence-electron chi connectivity index (χ3n) is 8.44. The van der Waals surface area contributed by atoms with Crippen LogP contribution >= 0.6 is 34.5 Å². The summed E-state index contributed by atoms with van der Waals surface area (Å²) >= 11 is 13.6. The van der Waals surface area contributed by atoms with Crippen molar-refractivity contribution in [3.8, 4) is 0 Å². The second-order valence-electron chi connectivity index (χ2n) is 11.6. The molecule has 14 heteroatoms. The molecule has 6 rings (SSSR count). The molecule has 4 amide bonds. The van der Waals surface area contributed by atoms with Crippen LogP contribution in [0.2, 0.25) is 10.0 Å². The number of nitrogens with two attached hydrogens (primary N) is 1. The number of piperazine rings is 1. The van der Waals surface area contributed by atoms with Crippen LogP contribution in [0.5, 0.6) is 0 Å². The fourth-order valence-corrected chi connectivity index (χ4v) is 7.12. The molecule has 0 bridgehead atoms. The number of anilines is 2. The van der Waals surface area contributed by atoms with E-state index in [9.17, 15) is 14.4 Å². The van der Waals surface area contributed by atoms with E-state index < -0.39 is 18.2 Å².